The molecule has 7 heteroatoms. The molecule has 0 spiro atoms. The van der Waals surface area contributed by atoms with Gasteiger partial charge in [-0.3, -0.25) is 4.79 Å². The zero-order valence-electron chi connectivity index (χ0n) is 15.0. The minimum atomic E-state index is -0.0626. The van der Waals surface area contributed by atoms with Crippen LogP contribution in [-0.4, -0.2) is 21.2 Å². The smallest absolute Gasteiger partial charge is 0.234 e. The van der Waals surface area contributed by atoms with Crippen LogP contribution in [0.5, 0.6) is 0 Å². The van der Waals surface area contributed by atoms with Crippen molar-refractivity contribution in [3.05, 3.63) is 70.7 Å². The van der Waals surface area contributed by atoms with E-state index < -0.39 is 0 Å². The Hall–Kier alpha value is -2.22. The lowest BCUT2D eigenvalue weighted by Gasteiger charge is -2.08. The van der Waals surface area contributed by atoms with Gasteiger partial charge in [-0.25, -0.2) is 0 Å². The van der Waals surface area contributed by atoms with Crippen LogP contribution >= 0.6 is 39.2 Å². The van der Waals surface area contributed by atoms with Gasteiger partial charge in [0, 0.05) is 10.0 Å². The maximum absolute atomic E-state index is 12.4. The fraction of sp³-hybridized carbons (Fsp3) is 0.0952. The first kappa shape index (κ1) is 19.1. The van der Waals surface area contributed by atoms with E-state index in [1.807, 2.05) is 43.3 Å². The SMILES string of the molecule is Cc1ccc(NC(=O)CSc2snnc2-c2ccc3ccccc3c2)c(Br)c1. The molecule has 0 bridgehead atoms. The van der Waals surface area contributed by atoms with Crippen molar-refractivity contribution in [3.63, 3.8) is 0 Å². The highest BCUT2D eigenvalue weighted by Gasteiger charge is 2.14. The lowest BCUT2D eigenvalue weighted by Crippen LogP contribution is -2.14. The summed E-state index contributed by atoms with van der Waals surface area (Å²) in [7, 11) is 0. The number of aryl methyl sites for hydroxylation is 1. The summed E-state index contributed by atoms with van der Waals surface area (Å²) in [4.78, 5) is 12.4. The van der Waals surface area contributed by atoms with Crippen molar-refractivity contribution in [2.45, 2.75) is 11.1 Å². The van der Waals surface area contributed by atoms with Gasteiger partial charge in [0.2, 0.25) is 5.91 Å². The molecule has 1 heterocycles. The first-order valence-electron chi connectivity index (χ1n) is 8.60. The van der Waals surface area contributed by atoms with Gasteiger partial charge in [0.1, 0.15) is 9.90 Å². The molecule has 4 nitrogen and oxygen atoms in total. The molecule has 4 rings (SSSR count). The van der Waals surface area contributed by atoms with Crippen LogP contribution in [-0.2, 0) is 4.79 Å². The number of nitrogens with one attached hydrogen (secondary N) is 1. The van der Waals surface area contributed by atoms with Crippen LogP contribution in [0.3, 0.4) is 0 Å². The van der Waals surface area contributed by atoms with Gasteiger partial charge < -0.3 is 5.32 Å². The van der Waals surface area contributed by atoms with Crippen LogP contribution < -0.4 is 5.32 Å². The summed E-state index contributed by atoms with van der Waals surface area (Å²) in [6, 6.07) is 20.3. The number of anilines is 1. The van der Waals surface area contributed by atoms with Crippen LogP contribution in [0.25, 0.3) is 22.0 Å². The summed E-state index contributed by atoms with van der Waals surface area (Å²) in [5, 5.41) is 9.57. The van der Waals surface area contributed by atoms with Crippen LogP contribution in [0.1, 0.15) is 5.56 Å². The molecule has 3 aromatic carbocycles. The molecule has 0 unspecified atom stereocenters. The molecule has 1 N–H and O–H groups in total. The number of carbonyl (C=O) groups is 1. The number of benzene rings is 3. The molecule has 4 aromatic rings. The monoisotopic (exact) mass is 469 g/mol. The third-order valence-corrected chi connectivity index (χ3v) is 6.83. The van der Waals surface area contributed by atoms with E-state index in [0.717, 1.165) is 36.6 Å². The highest BCUT2D eigenvalue weighted by molar-refractivity contribution is 9.10. The van der Waals surface area contributed by atoms with E-state index in [0.29, 0.717) is 5.75 Å². The van der Waals surface area contributed by atoms with Gasteiger partial charge in [-0.05, 0) is 68.9 Å². The van der Waals surface area contributed by atoms with Crippen molar-refractivity contribution in [3.8, 4) is 11.3 Å². The zero-order valence-corrected chi connectivity index (χ0v) is 18.2. The van der Waals surface area contributed by atoms with Gasteiger partial charge in [-0.15, -0.1) is 16.9 Å². The van der Waals surface area contributed by atoms with Gasteiger partial charge >= 0.3 is 0 Å². The second-order valence-electron chi connectivity index (χ2n) is 6.29. The maximum atomic E-state index is 12.4. The number of amides is 1. The highest BCUT2D eigenvalue weighted by Crippen LogP contribution is 2.34. The van der Waals surface area contributed by atoms with Gasteiger partial charge in [-0.1, -0.05) is 47.0 Å². The second-order valence-corrected chi connectivity index (χ2v) is 9.14. The first-order chi connectivity index (χ1) is 13.6. The normalized spacial score (nSPS) is 10.9. The number of halogens is 1. The molecule has 1 aromatic heterocycles. The van der Waals surface area contributed by atoms with Gasteiger partial charge in [0.25, 0.3) is 0 Å². The summed E-state index contributed by atoms with van der Waals surface area (Å²) in [6.07, 6.45) is 0. The van der Waals surface area contributed by atoms with E-state index in [-0.39, 0.29) is 5.91 Å². The zero-order chi connectivity index (χ0) is 19.5. The maximum Gasteiger partial charge on any atom is 0.234 e. The number of aromatic nitrogens is 2. The van der Waals surface area contributed by atoms with Crippen molar-refractivity contribution in [1.29, 1.82) is 0 Å². The second kappa shape index (κ2) is 8.43. The topological polar surface area (TPSA) is 54.9 Å². The number of fused-ring (bicyclic) bond motifs is 1. The predicted octanol–water partition coefficient (Wildman–Crippen LogP) is 6.16. The lowest BCUT2D eigenvalue weighted by molar-refractivity contribution is -0.113. The molecule has 1 amide bonds. The molecule has 28 heavy (non-hydrogen) atoms. The highest BCUT2D eigenvalue weighted by atomic mass is 79.9. The Balaban J connectivity index is 1.47. The minimum Gasteiger partial charge on any atom is -0.324 e. The van der Waals surface area contributed by atoms with Crippen molar-refractivity contribution in [1.82, 2.24) is 9.59 Å². The number of carbonyl (C=O) groups excluding carboxylic acids is 1. The molecule has 140 valence electrons. The van der Waals surface area contributed by atoms with Crippen LogP contribution in [0, 0.1) is 6.92 Å². The number of thioether (sulfide) groups is 1. The van der Waals surface area contributed by atoms with Gasteiger partial charge in [-0.2, -0.15) is 0 Å². The first-order valence-corrected chi connectivity index (χ1v) is 11.2. The van der Waals surface area contributed by atoms with Crippen molar-refractivity contribution >= 4 is 61.6 Å². The fourth-order valence-corrected chi connectivity index (χ4v) is 4.98. The van der Waals surface area contributed by atoms with E-state index in [4.69, 9.17) is 0 Å². The standard InChI is InChI=1S/C21H16BrN3OS2/c1-13-6-9-18(17(22)10-13)23-19(26)12-27-21-20(24-25-28-21)16-8-7-14-4-2-3-5-15(14)11-16/h2-11H,12H2,1H3,(H,23,26). The molecule has 0 saturated carbocycles. The number of hydrogen-bond donors (Lipinski definition) is 1. The fourth-order valence-electron chi connectivity index (χ4n) is 2.83. The summed E-state index contributed by atoms with van der Waals surface area (Å²) >= 11 is 6.26. The Morgan fingerprint density at radius 2 is 1.93 bits per heavy atom. The Bertz CT molecular complexity index is 1160. The summed E-state index contributed by atoms with van der Waals surface area (Å²) in [5.41, 5.74) is 3.74. The van der Waals surface area contributed by atoms with E-state index in [1.165, 1.54) is 28.7 Å². The average molecular weight is 470 g/mol. The molecule has 0 aliphatic rings. The van der Waals surface area contributed by atoms with Crippen molar-refractivity contribution < 1.29 is 4.79 Å². The van der Waals surface area contributed by atoms with E-state index in [2.05, 4.69) is 55.1 Å². The molecule has 0 saturated heterocycles. The predicted molar refractivity (Wildman–Crippen MR) is 121 cm³/mol. The van der Waals surface area contributed by atoms with Crippen LogP contribution in [0.4, 0.5) is 5.69 Å². The molecule has 0 aliphatic heterocycles. The van der Waals surface area contributed by atoms with E-state index in [9.17, 15) is 4.79 Å². The Morgan fingerprint density at radius 3 is 2.75 bits per heavy atom. The third-order valence-electron chi connectivity index (χ3n) is 4.21. The molecule has 0 atom stereocenters. The third kappa shape index (κ3) is 4.27. The van der Waals surface area contributed by atoms with E-state index in [1.54, 1.807) is 0 Å². The summed E-state index contributed by atoms with van der Waals surface area (Å²) < 4.78 is 5.91. The van der Waals surface area contributed by atoms with E-state index >= 15 is 0 Å². The molecule has 0 aliphatic carbocycles. The van der Waals surface area contributed by atoms with Gasteiger partial charge in [0.15, 0.2) is 0 Å². The van der Waals surface area contributed by atoms with Gasteiger partial charge in [0.05, 0.1) is 11.4 Å². The number of nitrogens with zero attached hydrogens (tertiary/aromatic N) is 2. The molecule has 0 radical (unpaired) electrons. The molecular weight excluding hydrogens is 454 g/mol. The average Bonchev–Trinajstić information content (AvgIpc) is 3.17. The Kier molecular flexibility index (Phi) is 5.75. The summed E-state index contributed by atoms with van der Waals surface area (Å²) in [5.74, 6) is 0.234. The molecule has 0 fully saturated rings. The Morgan fingerprint density at radius 1 is 1.11 bits per heavy atom. The number of rotatable bonds is 5. The quantitative estimate of drug-likeness (QED) is 0.355. The number of hydrogen-bond acceptors (Lipinski definition) is 5. The largest absolute Gasteiger partial charge is 0.324 e. The Labute approximate surface area is 179 Å². The van der Waals surface area contributed by atoms with Crippen LogP contribution in [0.2, 0.25) is 0 Å². The lowest BCUT2D eigenvalue weighted by atomic mass is 10.1. The molecular formula is C21H16BrN3OS2. The van der Waals surface area contributed by atoms with Crippen LogP contribution in [0.15, 0.2) is 69.3 Å². The van der Waals surface area contributed by atoms with Crippen molar-refractivity contribution in [2.24, 2.45) is 0 Å². The minimum absolute atomic E-state index is 0.0626. The van der Waals surface area contributed by atoms with Crippen molar-refractivity contribution in [2.75, 3.05) is 11.1 Å². The summed E-state index contributed by atoms with van der Waals surface area (Å²) in [6.45, 7) is 2.01.